The first-order valence-electron chi connectivity index (χ1n) is 6.73. The molecule has 0 aliphatic heterocycles. The number of pyridine rings is 1. The van der Waals surface area contributed by atoms with E-state index in [1.807, 2.05) is 0 Å². The summed E-state index contributed by atoms with van der Waals surface area (Å²) in [6, 6.07) is 1.56. The number of hydrogen-bond acceptors (Lipinski definition) is 4. The molecule has 0 radical (unpaired) electrons. The van der Waals surface area contributed by atoms with Crippen molar-refractivity contribution in [2.24, 2.45) is 0 Å². The van der Waals surface area contributed by atoms with Gasteiger partial charge < -0.3 is 10.1 Å². The molecule has 124 valence electrons. The zero-order valence-electron chi connectivity index (χ0n) is 12.7. The van der Waals surface area contributed by atoms with Crippen LogP contribution in [0.3, 0.4) is 0 Å². The van der Waals surface area contributed by atoms with Gasteiger partial charge in [-0.15, -0.1) is 0 Å². The Labute approximate surface area is 130 Å². The van der Waals surface area contributed by atoms with Gasteiger partial charge in [-0.2, -0.15) is 18.3 Å². The molecule has 0 aliphatic carbocycles. The summed E-state index contributed by atoms with van der Waals surface area (Å²) in [7, 11) is 1.35. The van der Waals surface area contributed by atoms with Gasteiger partial charge in [-0.3, -0.25) is 9.48 Å². The fourth-order valence-corrected chi connectivity index (χ4v) is 1.96. The van der Waals surface area contributed by atoms with Crippen LogP contribution in [-0.2, 0) is 12.7 Å². The molecule has 0 bridgehead atoms. The Hall–Kier alpha value is -2.58. The van der Waals surface area contributed by atoms with Crippen molar-refractivity contribution in [1.29, 1.82) is 0 Å². The average molecular weight is 328 g/mol. The predicted octanol–water partition coefficient (Wildman–Crippen LogP) is 2.89. The molecule has 6 nitrogen and oxygen atoms in total. The van der Waals surface area contributed by atoms with Crippen molar-refractivity contribution in [2.75, 3.05) is 12.4 Å². The van der Waals surface area contributed by atoms with Crippen LogP contribution in [0.1, 0.15) is 28.5 Å². The highest BCUT2D eigenvalue weighted by molar-refractivity contribution is 6.05. The molecule has 1 amide bonds. The summed E-state index contributed by atoms with van der Waals surface area (Å²) in [5, 5.41) is 5.80. The summed E-state index contributed by atoms with van der Waals surface area (Å²) in [4.78, 5) is 16.2. The van der Waals surface area contributed by atoms with Gasteiger partial charge in [-0.25, -0.2) is 4.98 Å². The van der Waals surface area contributed by atoms with Crippen molar-refractivity contribution < 1.29 is 22.7 Å². The molecule has 0 aromatic carbocycles. The fraction of sp³-hybridized carbons (Fsp3) is 0.357. The monoisotopic (exact) mass is 328 g/mol. The van der Waals surface area contributed by atoms with E-state index in [9.17, 15) is 18.0 Å². The number of carbonyl (C=O) groups excluding carboxylic acids is 1. The summed E-state index contributed by atoms with van der Waals surface area (Å²) >= 11 is 0. The van der Waals surface area contributed by atoms with E-state index < -0.39 is 23.3 Å². The summed E-state index contributed by atoms with van der Waals surface area (Å²) in [5.74, 6) is -0.817. The van der Waals surface area contributed by atoms with Gasteiger partial charge in [0.25, 0.3) is 5.91 Å². The third kappa shape index (κ3) is 3.61. The number of methoxy groups -OCH3 is 1. The van der Waals surface area contributed by atoms with E-state index in [-0.39, 0.29) is 18.1 Å². The van der Waals surface area contributed by atoms with Crippen LogP contribution in [0, 0.1) is 6.92 Å². The number of anilines is 1. The van der Waals surface area contributed by atoms with Crippen LogP contribution in [0.15, 0.2) is 18.5 Å². The molecular weight excluding hydrogens is 313 g/mol. The van der Waals surface area contributed by atoms with Crippen LogP contribution in [0.2, 0.25) is 0 Å². The Balaban J connectivity index is 2.38. The molecule has 2 aromatic heterocycles. The normalized spacial score (nSPS) is 11.4. The molecule has 0 atom stereocenters. The van der Waals surface area contributed by atoms with Gasteiger partial charge in [0.05, 0.1) is 12.7 Å². The fourth-order valence-electron chi connectivity index (χ4n) is 1.96. The maximum Gasteiger partial charge on any atom is 0.435 e. The zero-order chi connectivity index (χ0) is 17.2. The van der Waals surface area contributed by atoms with E-state index in [4.69, 9.17) is 4.74 Å². The molecule has 0 fully saturated rings. The molecule has 1 N–H and O–H groups in total. The summed E-state index contributed by atoms with van der Waals surface area (Å²) in [6.45, 7) is 3.58. The quantitative estimate of drug-likeness (QED) is 0.937. The summed E-state index contributed by atoms with van der Waals surface area (Å²) in [6.07, 6.45) is -2.14. The molecule has 23 heavy (non-hydrogen) atoms. The molecule has 2 heterocycles. The first-order valence-corrected chi connectivity index (χ1v) is 6.73. The lowest BCUT2D eigenvalue weighted by Crippen LogP contribution is -2.18. The molecule has 0 unspecified atom stereocenters. The van der Waals surface area contributed by atoms with E-state index in [0.717, 1.165) is 16.4 Å². The van der Waals surface area contributed by atoms with E-state index in [1.54, 1.807) is 19.9 Å². The SMILES string of the molecule is CCn1cc(C(=O)Nc2cc(C)cnc2OC)c(C(F)(F)F)n1. The first kappa shape index (κ1) is 16.8. The van der Waals surface area contributed by atoms with Gasteiger partial charge in [0, 0.05) is 18.9 Å². The molecule has 0 saturated heterocycles. The predicted molar refractivity (Wildman–Crippen MR) is 76.4 cm³/mol. The van der Waals surface area contributed by atoms with E-state index >= 15 is 0 Å². The van der Waals surface area contributed by atoms with Crippen LogP contribution in [0.5, 0.6) is 5.88 Å². The number of nitrogens with zero attached hydrogens (tertiary/aromatic N) is 3. The molecule has 0 spiro atoms. The van der Waals surface area contributed by atoms with Crippen LogP contribution >= 0.6 is 0 Å². The second-order valence-electron chi connectivity index (χ2n) is 4.77. The van der Waals surface area contributed by atoms with Gasteiger partial charge >= 0.3 is 6.18 Å². The number of ether oxygens (including phenoxy) is 1. The molecule has 2 rings (SSSR count). The number of rotatable bonds is 4. The number of alkyl halides is 3. The molecule has 0 aliphatic rings. The first-order chi connectivity index (χ1) is 10.8. The van der Waals surface area contributed by atoms with Crippen molar-refractivity contribution in [1.82, 2.24) is 14.8 Å². The second kappa shape index (κ2) is 6.27. The Morgan fingerprint density at radius 2 is 2.13 bits per heavy atom. The third-order valence-electron chi connectivity index (χ3n) is 3.03. The molecule has 9 heteroatoms. The van der Waals surface area contributed by atoms with Crippen LogP contribution in [0.25, 0.3) is 0 Å². The van der Waals surface area contributed by atoms with Gasteiger partial charge in [-0.05, 0) is 25.5 Å². The standard InChI is InChI=1S/C14H15F3N4O2/c1-4-21-7-9(11(20-21)14(15,16)17)12(22)19-10-5-8(2)6-18-13(10)23-3/h5-7H,4H2,1-3H3,(H,19,22). The number of amides is 1. The Morgan fingerprint density at radius 1 is 1.43 bits per heavy atom. The van der Waals surface area contributed by atoms with Crippen molar-refractivity contribution in [3.63, 3.8) is 0 Å². The maximum atomic E-state index is 13.0. The summed E-state index contributed by atoms with van der Waals surface area (Å²) < 4.78 is 45.1. The van der Waals surface area contributed by atoms with Crippen molar-refractivity contribution in [3.05, 3.63) is 35.3 Å². The van der Waals surface area contributed by atoms with Gasteiger partial charge in [0.1, 0.15) is 5.69 Å². The van der Waals surface area contributed by atoms with E-state index in [1.165, 1.54) is 13.3 Å². The van der Waals surface area contributed by atoms with Crippen molar-refractivity contribution in [3.8, 4) is 5.88 Å². The lowest BCUT2D eigenvalue weighted by molar-refractivity contribution is -0.141. The maximum absolute atomic E-state index is 13.0. The molecule has 0 saturated carbocycles. The van der Waals surface area contributed by atoms with Gasteiger partial charge in [-0.1, -0.05) is 0 Å². The lowest BCUT2D eigenvalue weighted by atomic mass is 10.2. The Morgan fingerprint density at radius 3 is 2.70 bits per heavy atom. The largest absolute Gasteiger partial charge is 0.480 e. The number of aryl methyl sites for hydroxylation is 2. The number of carbonyl (C=O) groups is 1. The van der Waals surface area contributed by atoms with Crippen LogP contribution in [-0.4, -0.2) is 27.8 Å². The Bertz CT molecular complexity index is 725. The molecular formula is C14H15F3N4O2. The number of halogens is 3. The second-order valence-corrected chi connectivity index (χ2v) is 4.77. The minimum Gasteiger partial charge on any atom is -0.480 e. The smallest absolute Gasteiger partial charge is 0.435 e. The van der Waals surface area contributed by atoms with E-state index in [2.05, 4.69) is 15.4 Å². The van der Waals surface area contributed by atoms with Crippen LogP contribution in [0.4, 0.5) is 18.9 Å². The highest BCUT2D eigenvalue weighted by atomic mass is 19.4. The highest BCUT2D eigenvalue weighted by Crippen LogP contribution is 2.31. The third-order valence-corrected chi connectivity index (χ3v) is 3.03. The zero-order valence-corrected chi connectivity index (χ0v) is 12.7. The molecule has 2 aromatic rings. The number of aromatic nitrogens is 3. The van der Waals surface area contributed by atoms with Crippen molar-refractivity contribution >= 4 is 11.6 Å². The topological polar surface area (TPSA) is 69.0 Å². The summed E-state index contributed by atoms with van der Waals surface area (Å²) in [5.41, 5.74) is -0.865. The lowest BCUT2D eigenvalue weighted by Gasteiger charge is -2.10. The minimum absolute atomic E-state index is 0.111. The average Bonchev–Trinajstić information content (AvgIpc) is 2.92. The number of hydrogen-bond donors (Lipinski definition) is 1. The highest BCUT2D eigenvalue weighted by Gasteiger charge is 2.39. The number of nitrogens with one attached hydrogen (secondary N) is 1. The Kier molecular flexibility index (Phi) is 4.57. The van der Waals surface area contributed by atoms with E-state index in [0.29, 0.717) is 0 Å². The van der Waals surface area contributed by atoms with Crippen molar-refractivity contribution in [2.45, 2.75) is 26.6 Å². The van der Waals surface area contributed by atoms with Gasteiger partial charge in [0.15, 0.2) is 5.69 Å². The minimum atomic E-state index is -4.72. The van der Waals surface area contributed by atoms with Crippen LogP contribution < -0.4 is 10.1 Å². The van der Waals surface area contributed by atoms with Gasteiger partial charge in [0.2, 0.25) is 5.88 Å².